The number of benzene rings is 1. The summed E-state index contributed by atoms with van der Waals surface area (Å²) in [5.41, 5.74) is 0.689. The van der Waals surface area contributed by atoms with E-state index >= 15 is 0 Å². The van der Waals surface area contributed by atoms with Crippen LogP contribution < -0.4 is 4.72 Å². The van der Waals surface area contributed by atoms with Gasteiger partial charge in [-0.15, -0.1) is 0 Å². The van der Waals surface area contributed by atoms with Crippen molar-refractivity contribution in [2.24, 2.45) is 0 Å². The summed E-state index contributed by atoms with van der Waals surface area (Å²) in [6.07, 6.45) is 2.48. The molecule has 0 radical (unpaired) electrons. The number of hydrogen-bond acceptors (Lipinski definition) is 3. The number of rotatable bonds is 6. The normalized spacial score (nSPS) is 16.9. The molecular formula is C15H22N2O3S. The molecule has 2 rings (SSSR count). The Morgan fingerprint density at radius 3 is 2.43 bits per heavy atom. The fourth-order valence-electron chi connectivity index (χ4n) is 2.53. The van der Waals surface area contributed by atoms with Gasteiger partial charge in [-0.3, -0.25) is 4.79 Å². The van der Waals surface area contributed by atoms with Gasteiger partial charge in [0.25, 0.3) is 0 Å². The van der Waals surface area contributed by atoms with Gasteiger partial charge in [-0.25, -0.2) is 8.42 Å². The molecule has 0 saturated carbocycles. The molecule has 6 heteroatoms. The van der Waals surface area contributed by atoms with Gasteiger partial charge in [-0.2, -0.15) is 4.72 Å². The third-order valence-corrected chi connectivity index (χ3v) is 5.11. The van der Waals surface area contributed by atoms with Crippen molar-refractivity contribution < 1.29 is 13.2 Å². The second kappa shape index (κ2) is 7.04. The maximum atomic E-state index is 12.6. The Bertz CT molecular complexity index is 566. The van der Waals surface area contributed by atoms with E-state index < -0.39 is 16.1 Å². The smallest absolute Gasteiger partial charge is 0.245 e. The Kier molecular flexibility index (Phi) is 5.36. The van der Waals surface area contributed by atoms with E-state index in [9.17, 15) is 13.2 Å². The Hall–Kier alpha value is -1.40. The van der Waals surface area contributed by atoms with E-state index in [0.717, 1.165) is 12.8 Å². The van der Waals surface area contributed by atoms with Crippen molar-refractivity contribution in [1.29, 1.82) is 0 Å². The highest BCUT2D eigenvalue weighted by Gasteiger charge is 2.30. The molecule has 1 amide bonds. The Balaban J connectivity index is 2.24. The first kappa shape index (κ1) is 16.0. The highest BCUT2D eigenvalue weighted by atomic mass is 32.2. The minimum Gasteiger partial charge on any atom is -0.341 e. The van der Waals surface area contributed by atoms with Gasteiger partial charge in [-0.05, 0) is 24.8 Å². The minimum atomic E-state index is -3.45. The number of likely N-dealkylation sites (tertiary alicyclic amines) is 1. The number of hydrogen-bond donors (Lipinski definition) is 1. The molecule has 0 aliphatic carbocycles. The van der Waals surface area contributed by atoms with E-state index in [4.69, 9.17) is 0 Å². The molecule has 0 spiro atoms. The van der Waals surface area contributed by atoms with E-state index in [2.05, 4.69) is 4.72 Å². The van der Waals surface area contributed by atoms with Gasteiger partial charge >= 0.3 is 0 Å². The fourth-order valence-corrected chi connectivity index (χ4v) is 3.79. The number of amides is 1. The quantitative estimate of drug-likeness (QED) is 0.869. The lowest BCUT2D eigenvalue weighted by molar-refractivity contribution is -0.132. The lowest BCUT2D eigenvalue weighted by atomic mass is 10.1. The Morgan fingerprint density at radius 1 is 1.24 bits per heavy atom. The van der Waals surface area contributed by atoms with Crippen molar-refractivity contribution in [3.05, 3.63) is 35.9 Å². The maximum absolute atomic E-state index is 12.6. The molecule has 5 nitrogen and oxygen atoms in total. The van der Waals surface area contributed by atoms with Gasteiger partial charge in [-0.1, -0.05) is 37.3 Å². The number of nitrogens with zero attached hydrogens (tertiary/aromatic N) is 1. The summed E-state index contributed by atoms with van der Waals surface area (Å²) in [6, 6.07) is 8.23. The summed E-state index contributed by atoms with van der Waals surface area (Å²) < 4.78 is 26.7. The van der Waals surface area contributed by atoms with Crippen LogP contribution >= 0.6 is 0 Å². The highest BCUT2D eigenvalue weighted by Crippen LogP contribution is 2.20. The van der Waals surface area contributed by atoms with Crippen molar-refractivity contribution in [3.8, 4) is 0 Å². The molecule has 1 saturated heterocycles. The lowest BCUT2D eigenvalue weighted by Crippen LogP contribution is -2.42. The van der Waals surface area contributed by atoms with Crippen LogP contribution in [0.4, 0.5) is 0 Å². The van der Waals surface area contributed by atoms with E-state index in [0.29, 0.717) is 25.1 Å². The van der Waals surface area contributed by atoms with Crippen LogP contribution in [-0.2, 0) is 14.8 Å². The molecule has 116 valence electrons. The maximum Gasteiger partial charge on any atom is 0.245 e. The number of sulfonamides is 1. The van der Waals surface area contributed by atoms with Crippen molar-refractivity contribution in [2.75, 3.05) is 18.8 Å². The SMILES string of the molecule is CCCS(=O)(=O)NC(C(=O)N1CCCC1)c1ccccc1. The second-order valence-electron chi connectivity index (χ2n) is 5.31. The first-order chi connectivity index (χ1) is 10.0. The van der Waals surface area contributed by atoms with Gasteiger partial charge in [0.05, 0.1) is 5.75 Å². The van der Waals surface area contributed by atoms with Gasteiger partial charge in [0.2, 0.25) is 15.9 Å². The molecule has 1 aliphatic rings. The van der Waals surface area contributed by atoms with E-state index in [-0.39, 0.29) is 11.7 Å². The summed E-state index contributed by atoms with van der Waals surface area (Å²) in [6.45, 7) is 3.22. The zero-order valence-corrected chi connectivity index (χ0v) is 13.1. The van der Waals surface area contributed by atoms with Crippen molar-refractivity contribution in [2.45, 2.75) is 32.2 Å². The molecular weight excluding hydrogens is 288 g/mol. The van der Waals surface area contributed by atoms with Crippen LogP contribution in [0.1, 0.15) is 37.8 Å². The van der Waals surface area contributed by atoms with E-state index in [1.807, 2.05) is 18.2 Å². The lowest BCUT2D eigenvalue weighted by Gasteiger charge is -2.24. The summed E-state index contributed by atoms with van der Waals surface area (Å²) in [5.74, 6) is -0.123. The van der Waals surface area contributed by atoms with Gasteiger partial charge in [0, 0.05) is 13.1 Å². The molecule has 1 atom stereocenters. The van der Waals surface area contributed by atoms with E-state index in [1.165, 1.54) is 0 Å². The predicted molar refractivity (Wildman–Crippen MR) is 82.2 cm³/mol. The standard InChI is InChI=1S/C15H22N2O3S/c1-2-12-21(19,20)16-14(13-8-4-3-5-9-13)15(18)17-10-6-7-11-17/h3-5,8-9,14,16H,2,6-7,10-12H2,1H3. The first-order valence-electron chi connectivity index (χ1n) is 7.37. The van der Waals surface area contributed by atoms with Crippen LogP contribution in [0.15, 0.2) is 30.3 Å². The highest BCUT2D eigenvalue weighted by molar-refractivity contribution is 7.89. The van der Waals surface area contributed by atoms with Crippen LogP contribution in [0, 0.1) is 0 Å². The summed E-state index contributed by atoms with van der Waals surface area (Å²) in [7, 11) is -3.45. The van der Waals surface area contributed by atoms with Crippen LogP contribution in [0.3, 0.4) is 0 Å². The summed E-state index contributed by atoms with van der Waals surface area (Å²) >= 11 is 0. The molecule has 1 aromatic carbocycles. The molecule has 0 bridgehead atoms. The molecule has 1 N–H and O–H groups in total. The molecule has 0 aromatic heterocycles. The molecule has 1 unspecified atom stereocenters. The minimum absolute atomic E-state index is 0.0314. The van der Waals surface area contributed by atoms with E-state index in [1.54, 1.807) is 24.0 Å². The van der Waals surface area contributed by atoms with Crippen LogP contribution in [0.5, 0.6) is 0 Å². The van der Waals surface area contributed by atoms with Gasteiger partial charge < -0.3 is 4.90 Å². The molecule has 21 heavy (non-hydrogen) atoms. The molecule has 1 fully saturated rings. The third kappa shape index (κ3) is 4.28. The number of carbonyl (C=O) groups is 1. The monoisotopic (exact) mass is 310 g/mol. The largest absolute Gasteiger partial charge is 0.341 e. The zero-order valence-electron chi connectivity index (χ0n) is 12.3. The number of carbonyl (C=O) groups excluding carboxylic acids is 1. The zero-order chi connectivity index (χ0) is 15.3. The Labute approximate surface area is 126 Å². The summed E-state index contributed by atoms with van der Waals surface area (Å²) in [5, 5.41) is 0. The average molecular weight is 310 g/mol. The fraction of sp³-hybridized carbons (Fsp3) is 0.533. The van der Waals surface area contributed by atoms with Crippen LogP contribution in [-0.4, -0.2) is 38.1 Å². The topological polar surface area (TPSA) is 66.5 Å². The summed E-state index contributed by atoms with van der Waals surface area (Å²) in [4.78, 5) is 14.4. The third-order valence-electron chi connectivity index (χ3n) is 3.57. The van der Waals surface area contributed by atoms with Crippen molar-refractivity contribution in [3.63, 3.8) is 0 Å². The average Bonchev–Trinajstić information content (AvgIpc) is 2.99. The Morgan fingerprint density at radius 2 is 1.86 bits per heavy atom. The van der Waals surface area contributed by atoms with Crippen LogP contribution in [0.25, 0.3) is 0 Å². The molecule has 1 aliphatic heterocycles. The van der Waals surface area contributed by atoms with Crippen molar-refractivity contribution >= 4 is 15.9 Å². The predicted octanol–water partition coefficient (Wildman–Crippen LogP) is 1.68. The van der Waals surface area contributed by atoms with Crippen molar-refractivity contribution in [1.82, 2.24) is 9.62 Å². The first-order valence-corrected chi connectivity index (χ1v) is 9.02. The second-order valence-corrected chi connectivity index (χ2v) is 7.19. The van der Waals surface area contributed by atoms with Gasteiger partial charge in [0.15, 0.2) is 0 Å². The number of nitrogens with one attached hydrogen (secondary N) is 1. The molecule has 1 aromatic rings. The van der Waals surface area contributed by atoms with Crippen LogP contribution in [0.2, 0.25) is 0 Å². The molecule has 1 heterocycles. The van der Waals surface area contributed by atoms with Gasteiger partial charge in [0.1, 0.15) is 6.04 Å².